The summed E-state index contributed by atoms with van der Waals surface area (Å²) in [5, 5.41) is 3.22. The smallest absolute Gasteiger partial charge is 0.341 e. The number of rotatable bonds is 3. The summed E-state index contributed by atoms with van der Waals surface area (Å²) in [7, 11) is 0. The zero-order valence-corrected chi connectivity index (χ0v) is 12.6. The standard InChI is InChI=1S/C16H21F3N2O/c1-12(10-15(22)21-8-3-6-20-7-9-21)13-4-2-5-14(11-13)16(17,18)19/h2,4-5,11-12,20H,3,6-10H2,1H3. The van der Waals surface area contributed by atoms with Gasteiger partial charge in [-0.25, -0.2) is 0 Å². The number of hydrogen-bond donors (Lipinski definition) is 1. The number of amides is 1. The number of carbonyl (C=O) groups excluding carboxylic acids is 1. The van der Waals surface area contributed by atoms with Crippen LogP contribution in [0.2, 0.25) is 0 Å². The average molecular weight is 314 g/mol. The third-order valence-corrected chi connectivity index (χ3v) is 3.96. The van der Waals surface area contributed by atoms with Crippen molar-refractivity contribution in [1.29, 1.82) is 0 Å². The third-order valence-electron chi connectivity index (χ3n) is 3.96. The maximum absolute atomic E-state index is 12.7. The molecule has 3 nitrogen and oxygen atoms in total. The van der Waals surface area contributed by atoms with Crippen LogP contribution in [0.4, 0.5) is 13.2 Å². The van der Waals surface area contributed by atoms with Crippen LogP contribution in [0.15, 0.2) is 24.3 Å². The lowest BCUT2D eigenvalue weighted by Gasteiger charge is -2.22. The predicted octanol–water partition coefficient (Wildman–Crippen LogP) is 3.02. The minimum absolute atomic E-state index is 0.00797. The fourth-order valence-electron chi connectivity index (χ4n) is 2.63. The molecule has 1 amide bonds. The highest BCUT2D eigenvalue weighted by molar-refractivity contribution is 5.77. The molecule has 0 aliphatic carbocycles. The van der Waals surface area contributed by atoms with Crippen LogP contribution in [0.1, 0.15) is 36.8 Å². The van der Waals surface area contributed by atoms with Gasteiger partial charge in [-0.15, -0.1) is 0 Å². The molecule has 0 bridgehead atoms. The van der Waals surface area contributed by atoms with Gasteiger partial charge in [0, 0.05) is 26.1 Å². The summed E-state index contributed by atoms with van der Waals surface area (Å²) in [6, 6.07) is 5.24. The number of nitrogens with one attached hydrogen (secondary N) is 1. The van der Waals surface area contributed by atoms with Crippen molar-refractivity contribution in [2.75, 3.05) is 26.2 Å². The van der Waals surface area contributed by atoms with E-state index in [1.807, 2.05) is 0 Å². The first-order valence-electron chi connectivity index (χ1n) is 7.53. The van der Waals surface area contributed by atoms with Gasteiger partial charge in [0.2, 0.25) is 5.91 Å². The maximum Gasteiger partial charge on any atom is 0.416 e. The molecule has 1 aliphatic rings. The molecular formula is C16H21F3N2O. The topological polar surface area (TPSA) is 32.3 Å². The van der Waals surface area contributed by atoms with Gasteiger partial charge in [-0.2, -0.15) is 13.2 Å². The molecule has 2 rings (SSSR count). The molecule has 1 aliphatic heterocycles. The Morgan fingerprint density at radius 1 is 1.32 bits per heavy atom. The van der Waals surface area contributed by atoms with Gasteiger partial charge in [-0.3, -0.25) is 4.79 Å². The first kappa shape index (κ1) is 16.8. The highest BCUT2D eigenvalue weighted by Gasteiger charge is 2.31. The minimum atomic E-state index is -4.35. The second-order valence-electron chi connectivity index (χ2n) is 5.71. The lowest BCUT2D eigenvalue weighted by molar-refractivity contribution is -0.137. The van der Waals surface area contributed by atoms with E-state index in [2.05, 4.69) is 5.32 Å². The summed E-state index contributed by atoms with van der Waals surface area (Å²) in [4.78, 5) is 14.1. The molecule has 0 aromatic heterocycles. The molecule has 1 unspecified atom stereocenters. The summed E-state index contributed by atoms with van der Waals surface area (Å²) < 4.78 is 38.2. The second kappa shape index (κ2) is 7.13. The SMILES string of the molecule is CC(CC(=O)N1CCCNCC1)c1cccc(C(F)(F)F)c1. The molecule has 1 aromatic carbocycles. The van der Waals surface area contributed by atoms with E-state index >= 15 is 0 Å². The van der Waals surface area contributed by atoms with Crippen LogP contribution in [0, 0.1) is 0 Å². The van der Waals surface area contributed by atoms with Crippen LogP contribution in [0.25, 0.3) is 0 Å². The van der Waals surface area contributed by atoms with Crippen molar-refractivity contribution in [1.82, 2.24) is 10.2 Å². The molecule has 1 fully saturated rings. The minimum Gasteiger partial charge on any atom is -0.341 e. The number of halogens is 3. The van der Waals surface area contributed by atoms with Gasteiger partial charge in [0.15, 0.2) is 0 Å². The van der Waals surface area contributed by atoms with E-state index in [0.717, 1.165) is 31.6 Å². The van der Waals surface area contributed by atoms with Gasteiger partial charge in [0.05, 0.1) is 5.56 Å². The Hall–Kier alpha value is -1.56. The van der Waals surface area contributed by atoms with Crippen molar-refractivity contribution in [2.45, 2.75) is 31.9 Å². The molecule has 22 heavy (non-hydrogen) atoms. The highest BCUT2D eigenvalue weighted by atomic mass is 19.4. The van der Waals surface area contributed by atoms with Crippen molar-refractivity contribution < 1.29 is 18.0 Å². The van der Waals surface area contributed by atoms with E-state index < -0.39 is 11.7 Å². The molecule has 1 heterocycles. The Bertz CT molecular complexity index is 508. The Balaban J connectivity index is 2.02. The zero-order valence-electron chi connectivity index (χ0n) is 12.6. The molecule has 122 valence electrons. The fraction of sp³-hybridized carbons (Fsp3) is 0.562. The van der Waals surface area contributed by atoms with Gasteiger partial charge >= 0.3 is 6.18 Å². The first-order valence-corrected chi connectivity index (χ1v) is 7.53. The summed E-state index contributed by atoms with van der Waals surface area (Å²) in [5.74, 6) is -0.223. The van der Waals surface area contributed by atoms with Crippen LogP contribution in [0.3, 0.4) is 0 Å². The van der Waals surface area contributed by atoms with E-state index in [4.69, 9.17) is 0 Å². The number of hydrogen-bond acceptors (Lipinski definition) is 2. The average Bonchev–Trinajstić information content (AvgIpc) is 2.75. The molecule has 0 radical (unpaired) electrons. The van der Waals surface area contributed by atoms with Crippen LogP contribution in [0.5, 0.6) is 0 Å². The van der Waals surface area contributed by atoms with Crippen LogP contribution < -0.4 is 5.32 Å². The Labute approximate surface area is 128 Å². The predicted molar refractivity (Wildman–Crippen MR) is 78.5 cm³/mol. The van der Waals surface area contributed by atoms with Crippen molar-refractivity contribution in [3.63, 3.8) is 0 Å². The highest BCUT2D eigenvalue weighted by Crippen LogP contribution is 2.31. The zero-order chi connectivity index (χ0) is 16.2. The van der Waals surface area contributed by atoms with Crippen molar-refractivity contribution >= 4 is 5.91 Å². The number of benzene rings is 1. The molecule has 6 heteroatoms. The van der Waals surface area contributed by atoms with Crippen molar-refractivity contribution in [3.8, 4) is 0 Å². The van der Waals surface area contributed by atoms with Crippen molar-refractivity contribution in [2.24, 2.45) is 0 Å². The van der Waals surface area contributed by atoms with E-state index in [1.165, 1.54) is 6.07 Å². The lowest BCUT2D eigenvalue weighted by Crippen LogP contribution is -2.34. The van der Waals surface area contributed by atoms with Crippen molar-refractivity contribution in [3.05, 3.63) is 35.4 Å². The van der Waals surface area contributed by atoms with Gasteiger partial charge in [-0.1, -0.05) is 25.1 Å². The van der Waals surface area contributed by atoms with E-state index in [1.54, 1.807) is 17.9 Å². The third kappa shape index (κ3) is 4.47. The maximum atomic E-state index is 12.7. The molecule has 1 atom stereocenters. The molecule has 1 aromatic rings. The first-order chi connectivity index (χ1) is 10.4. The van der Waals surface area contributed by atoms with Gasteiger partial charge in [0.1, 0.15) is 0 Å². The molecule has 0 spiro atoms. The van der Waals surface area contributed by atoms with Gasteiger partial charge in [0.25, 0.3) is 0 Å². The second-order valence-corrected chi connectivity index (χ2v) is 5.71. The largest absolute Gasteiger partial charge is 0.416 e. The van der Waals surface area contributed by atoms with Crippen LogP contribution in [-0.2, 0) is 11.0 Å². The lowest BCUT2D eigenvalue weighted by atomic mass is 9.95. The molecule has 0 saturated carbocycles. The van der Waals surface area contributed by atoms with E-state index in [0.29, 0.717) is 18.7 Å². The van der Waals surface area contributed by atoms with E-state index in [-0.39, 0.29) is 18.2 Å². The Morgan fingerprint density at radius 2 is 2.09 bits per heavy atom. The van der Waals surface area contributed by atoms with Gasteiger partial charge in [-0.05, 0) is 30.5 Å². The van der Waals surface area contributed by atoms with Crippen LogP contribution >= 0.6 is 0 Å². The monoisotopic (exact) mass is 314 g/mol. The summed E-state index contributed by atoms with van der Waals surface area (Å²) in [6.07, 6.45) is -3.21. The molecule has 1 saturated heterocycles. The quantitative estimate of drug-likeness (QED) is 0.930. The Kier molecular flexibility index (Phi) is 5.45. The number of nitrogens with zero attached hydrogens (tertiary/aromatic N) is 1. The van der Waals surface area contributed by atoms with Gasteiger partial charge < -0.3 is 10.2 Å². The Morgan fingerprint density at radius 3 is 2.82 bits per heavy atom. The molecule has 1 N–H and O–H groups in total. The summed E-state index contributed by atoms with van der Waals surface area (Å²) in [6.45, 7) is 4.83. The summed E-state index contributed by atoms with van der Waals surface area (Å²) >= 11 is 0. The van der Waals surface area contributed by atoms with Crippen LogP contribution in [-0.4, -0.2) is 37.0 Å². The summed E-state index contributed by atoms with van der Waals surface area (Å²) in [5.41, 5.74) is -0.112. The molecular weight excluding hydrogens is 293 g/mol. The van der Waals surface area contributed by atoms with E-state index in [9.17, 15) is 18.0 Å². The fourth-order valence-corrected chi connectivity index (χ4v) is 2.63. The normalized spacial score (nSPS) is 17.9. The number of alkyl halides is 3. The number of carbonyl (C=O) groups is 1.